The van der Waals surface area contributed by atoms with E-state index in [9.17, 15) is 24.9 Å². The first kappa shape index (κ1) is 19.3. The Balaban J connectivity index is 1.77. The number of hydrogen-bond donors (Lipinski definition) is 3. The number of hydrogen-bond acceptors (Lipinski definition) is 5. The van der Waals surface area contributed by atoms with Gasteiger partial charge in [0.2, 0.25) is 0 Å². The second-order valence-corrected chi connectivity index (χ2v) is 10.1. The molecule has 0 heterocycles. The average Bonchev–Trinajstić information content (AvgIpc) is 2.82. The van der Waals surface area contributed by atoms with Crippen molar-refractivity contribution in [3.8, 4) is 0 Å². The number of carbonyl (C=O) groups excluding carboxylic acids is 2. The highest BCUT2D eigenvalue weighted by atomic mass is 16.3. The molecule has 0 amide bonds. The lowest BCUT2D eigenvalue weighted by molar-refractivity contribution is -0.187. The lowest BCUT2D eigenvalue weighted by Gasteiger charge is -2.60. The van der Waals surface area contributed by atoms with Gasteiger partial charge in [-0.3, -0.25) is 9.59 Å². The standard InChI is InChI=1S/C22H32O5/c1-12-8-16-15-5-4-13-9-14(24)6-7-20(13,2)19(15)17(25)10-21(16,3)22(12,27)18(26)11-23/h9,12,15-17,19,23,25,27H,4-8,10-11H2,1-3H3/t12-,15+,16+,17+,19?,20+,21+,22+/m1/s1. The third-order valence-corrected chi connectivity index (χ3v) is 9.05. The molecule has 0 saturated heterocycles. The van der Waals surface area contributed by atoms with Crippen LogP contribution in [0.5, 0.6) is 0 Å². The summed E-state index contributed by atoms with van der Waals surface area (Å²) in [5.41, 5.74) is -1.31. The monoisotopic (exact) mass is 376 g/mol. The van der Waals surface area contributed by atoms with Gasteiger partial charge < -0.3 is 15.3 Å². The summed E-state index contributed by atoms with van der Waals surface area (Å²) in [6.45, 7) is 5.36. The van der Waals surface area contributed by atoms with Crippen LogP contribution in [-0.4, -0.2) is 45.2 Å². The van der Waals surface area contributed by atoms with Crippen LogP contribution in [0.2, 0.25) is 0 Å². The second-order valence-electron chi connectivity index (χ2n) is 10.1. The van der Waals surface area contributed by atoms with Gasteiger partial charge in [0, 0.05) is 11.8 Å². The highest BCUT2D eigenvalue weighted by molar-refractivity contribution is 5.92. The van der Waals surface area contributed by atoms with Gasteiger partial charge in [0.05, 0.1) is 6.10 Å². The maximum Gasteiger partial charge on any atom is 0.190 e. The topological polar surface area (TPSA) is 94.8 Å². The zero-order valence-electron chi connectivity index (χ0n) is 16.6. The van der Waals surface area contributed by atoms with Crippen molar-refractivity contribution < 1.29 is 24.9 Å². The van der Waals surface area contributed by atoms with Crippen molar-refractivity contribution >= 4 is 11.6 Å². The van der Waals surface area contributed by atoms with Crippen LogP contribution in [0.4, 0.5) is 0 Å². The molecular weight excluding hydrogens is 344 g/mol. The normalized spacial score (nSPS) is 51.9. The largest absolute Gasteiger partial charge is 0.393 e. The number of Topliss-reactive ketones (excluding diaryl/α,β-unsaturated/α-hetero) is 1. The van der Waals surface area contributed by atoms with Crippen molar-refractivity contribution in [3.63, 3.8) is 0 Å². The quantitative estimate of drug-likeness (QED) is 0.685. The minimum atomic E-state index is -1.59. The van der Waals surface area contributed by atoms with Gasteiger partial charge in [-0.05, 0) is 67.3 Å². The molecule has 3 N–H and O–H groups in total. The van der Waals surface area contributed by atoms with Crippen LogP contribution < -0.4 is 0 Å². The first-order valence-electron chi connectivity index (χ1n) is 10.4. The van der Waals surface area contributed by atoms with E-state index in [0.717, 1.165) is 25.7 Å². The molecule has 4 aliphatic carbocycles. The Labute approximate surface area is 160 Å². The Hall–Kier alpha value is -1.04. The number of aliphatic hydroxyl groups is 3. The molecule has 3 saturated carbocycles. The lowest BCUT2D eigenvalue weighted by atomic mass is 9.45. The molecule has 0 aromatic carbocycles. The van der Waals surface area contributed by atoms with Crippen molar-refractivity contribution in [2.24, 2.45) is 34.5 Å². The van der Waals surface area contributed by atoms with E-state index in [1.54, 1.807) is 0 Å². The summed E-state index contributed by atoms with van der Waals surface area (Å²) in [6.07, 6.45) is 5.32. The predicted molar refractivity (Wildman–Crippen MR) is 99.7 cm³/mol. The highest BCUT2D eigenvalue weighted by Crippen LogP contribution is 2.68. The molecule has 0 aromatic heterocycles. The van der Waals surface area contributed by atoms with Crippen molar-refractivity contribution in [2.45, 2.75) is 71.0 Å². The first-order valence-corrected chi connectivity index (χ1v) is 10.4. The zero-order chi connectivity index (χ0) is 19.8. The summed E-state index contributed by atoms with van der Waals surface area (Å²) in [7, 11) is 0. The van der Waals surface area contributed by atoms with Crippen LogP contribution >= 0.6 is 0 Å². The second kappa shape index (κ2) is 5.98. The third kappa shape index (κ3) is 2.28. The van der Waals surface area contributed by atoms with Crippen LogP contribution in [0.15, 0.2) is 11.6 Å². The molecule has 5 heteroatoms. The summed E-state index contributed by atoms with van der Waals surface area (Å²) in [5, 5.41) is 32.2. The molecule has 5 nitrogen and oxygen atoms in total. The summed E-state index contributed by atoms with van der Waals surface area (Å²) < 4.78 is 0. The number of rotatable bonds is 2. The van der Waals surface area contributed by atoms with E-state index in [-0.39, 0.29) is 34.9 Å². The van der Waals surface area contributed by atoms with Crippen molar-refractivity contribution in [3.05, 3.63) is 11.6 Å². The fourth-order valence-electron chi connectivity index (χ4n) is 7.74. The van der Waals surface area contributed by atoms with E-state index >= 15 is 0 Å². The van der Waals surface area contributed by atoms with E-state index in [4.69, 9.17) is 0 Å². The molecule has 4 rings (SSSR count). The minimum Gasteiger partial charge on any atom is -0.393 e. The van der Waals surface area contributed by atoms with Crippen molar-refractivity contribution in [1.82, 2.24) is 0 Å². The van der Waals surface area contributed by atoms with Gasteiger partial charge in [-0.15, -0.1) is 0 Å². The van der Waals surface area contributed by atoms with E-state index < -0.39 is 29.5 Å². The minimum absolute atomic E-state index is 0.0578. The Morgan fingerprint density at radius 3 is 2.67 bits per heavy atom. The molecular formula is C22H32O5. The van der Waals surface area contributed by atoms with E-state index in [1.807, 2.05) is 19.9 Å². The fraction of sp³-hybridized carbons (Fsp3) is 0.818. The van der Waals surface area contributed by atoms with Gasteiger partial charge >= 0.3 is 0 Å². The smallest absolute Gasteiger partial charge is 0.190 e. The van der Waals surface area contributed by atoms with Crippen molar-refractivity contribution in [2.75, 3.05) is 6.61 Å². The highest BCUT2D eigenvalue weighted by Gasteiger charge is 2.70. The SMILES string of the molecule is C[C@@H]1C[C@H]2[C@@H]3CCC4=CC(=O)CC[C@]4(C)C3[C@@H](O)C[C@]2(C)[C@@]1(O)C(=O)CO. The summed E-state index contributed by atoms with van der Waals surface area (Å²) in [6, 6.07) is 0. The molecule has 3 fully saturated rings. The number of ketones is 2. The number of fused-ring (bicyclic) bond motifs is 5. The molecule has 0 aromatic rings. The molecule has 0 aliphatic heterocycles. The Morgan fingerprint density at radius 1 is 1.30 bits per heavy atom. The Kier molecular flexibility index (Phi) is 4.27. The molecule has 8 atom stereocenters. The van der Waals surface area contributed by atoms with Gasteiger partial charge in [0.1, 0.15) is 12.2 Å². The van der Waals surface area contributed by atoms with Crippen LogP contribution in [-0.2, 0) is 9.59 Å². The maximum atomic E-state index is 12.6. The van der Waals surface area contributed by atoms with E-state index in [1.165, 1.54) is 5.57 Å². The molecule has 0 bridgehead atoms. The van der Waals surface area contributed by atoms with Gasteiger partial charge in [-0.1, -0.05) is 26.3 Å². The first-order chi connectivity index (χ1) is 12.6. The Bertz CT molecular complexity index is 713. The lowest BCUT2D eigenvalue weighted by Crippen LogP contribution is -2.63. The number of allylic oxidation sites excluding steroid dienone is 1. The van der Waals surface area contributed by atoms with Gasteiger partial charge in [-0.25, -0.2) is 0 Å². The van der Waals surface area contributed by atoms with Crippen LogP contribution in [0.1, 0.15) is 59.3 Å². The molecule has 1 unspecified atom stereocenters. The third-order valence-electron chi connectivity index (χ3n) is 9.05. The summed E-state index contributed by atoms with van der Waals surface area (Å²) >= 11 is 0. The van der Waals surface area contributed by atoms with Crippen LogP contribution in [0.3, 0.4) is 0 Å². The Morgan fingerprint density at radius 2 is 2.00 bits per heavy atom. The van der Waals surface area contributed by atoms with Crippen LogP contribution in [0, 0.1) is 34.5 Å². The summed E-state index contributed by atoms with van der Waals surface area (Å²) in [5.74, 6) is -0.155. The molecule has 0 radical (unpaired) electrons. The average molecular weight is 376 g/mol. The van der Waals surface area contributed by atoms with Gasteiger partial charge in [-0.2, -0.15) is 0 Å². The van der Waals surface area contributed by atoms with Crippen molar-refractivity contribution in [1.29, 1.82) is 0 Å². The maximum absolute atomic E-state index is 12.6. The van der Waals surface area contributed by atoms with E-state index in [2.05, 4.69) is 6.92 Å². The molecule has 0 spiro atoms. The molecule has 27 heavy (non-hydrogen) atoms. The van der Waals surface area contributed by atoms with Gasteiger partial charge in [0.15, 0.2) is 11.6 Å². The number of carbonyl (C=O) groups is 2. The zero-order valence-corrected chi connectivity index (χ0v) is 16.6. The fourth-order valence-corrected chi connectivity index (χ4v) is 7.74. The number of aliphatic hydroxyl groups excluding tert-OH is 2. The predicted octanol–water partition coefficient (Wildman–Crippen LogP) is 2.03. The molecule has 4 aliphatic rings. The van der Waals surface area contributed by atoms with Crippen LogP contribution in [0.25, 0.3) is 0 Å². The van der Waals surface area contributed by atoms with Gasteiger partial charge in [0.25, 0.3) is 0 Å². The van der Waals surface area contributed by atoms with E-state index in [0.29, 0.717) is 12.8 Å². The molecule has 150 valence electrons. The summed E-state index contributed by atoms with van der Waals surface area (Å²) in [4.78, 5) is 24.5.